The van der Waals surface area contributed by atoms with E-state index in [9.17, 15) is 8.78 Å². The van der Waals surface area contributed by atoms with E-state index in [1.54, 1.807) is 18.2 Å². The Kier molecular flexibility index (Phi) is 3.51. The summed E-state index contributed by atoms with van der Waals surface area (Å²) in [5, 5.41) is 0. The lowest BCUT2D eigenvalue weighted by Gasteiger charge is -2.10. The number of nitrogens with zero attached hydrogens (tertiary/aromatic N) is 2. The fourth-order valence-electron chi connectivity index (χ4n) is 2.27. The Balaban J connectivity index is 2.39. The van der Waals surface area contributed by atoms with Gasteiger partial charge in [0.25, 0.3) is 0 Å². The third kappa shape index (κ3) is 2.23. The largest absolute Gasteiger partial charge is 0.497 e. The summed E-state index contributed by atoms with van der Waals surface area (Å²) in [7, 11) is 1.52. The maximum absolute atomic E-state index is 14.1. The van der Waals surface area contributed by atoms with Crippen LogP contribution in [0.5, 0.6) is 5.75 Å². The molecular weight excluding hydrogens is 298 g/mol. The lowest BCUT2D eigenvalue weighted by Crippen LogP contribution is -2.05. The van der Waals surface area contributed by atoms with E-state index in [0.29, 0.717) is 22.6 Å². The van der Waals surface area contributed by atoms with Crippen LogP contribution in [-0.4, -0.2) is 16.7 Å². The summed E-state index contributed by atoms with van der Waals surface area (Å²) < 4.78 is 34.7. The van der Waals surface area contributed by atoms with Crippen molar-refractivity contribution in [2.24, 2.45) is 0 Å². The van der Waals surface area contributed by atoms with Crippen LogP contribution in [0.3, 0.4) is 0 Å². The number of imidazole rings is 1. The molecule has 108 valence electrons. The minimum absolute atomic E-state index is 0.0325. The van der Waals surface area contributed by atoms with Gasteiger partial charge in [0.2, 0.25) is 0 Å². The van der Waals surface area contributed by atoms with Crippen LogP contribution in [0.15, 0.2) is 36.4 Å². The van der Waals surface area contributed by atoms with E-state index in [4.69, 9.17) is 16.3 Å². The van der Waals surface area contributed by atoms with Gasteiger partial charge in [0.05, 0.1) is 24.0 Å². The van der Waals surface area contributed by atoms with Crippen LogP contribution in [0.2, 0.25) is 0 Å². The van der Waals surface area contributed by atoms with Crippen LogP contribution in [0, 0.1) is 11.6 Å². The van der Waals surface area contributed by atoms with E-state index in [1.807, 2.05) is 0 Å². The second-order valence-electron chi connectivity index (χ2n) is 4.42. The van der Waals surface area contributed by atoms with Crippen LogP contribution in [0.1, 0.15) is 5.82 Å². The average molecular weight is 309 g/mol. The maximum atomic E-state index is 14.1. The predicted octanol–water partition coefficient (Wildman–Crippen LogP) is 4.05. The molecule has 2 aromatic carbocycles. The fourth-order valence-corrected chi connectivity index (χ4v) is 2.45. The molecule has 0 fully saturated rings. The summed E-state index contributed by atoms with van der Waals surface area (Å²) in [4.78, 5) is 4.31. The molecule has 0 bridgehead atoms. The molecule has 0 aliphatic heterocycles. The molecular formula is C15H11ClF2N2O. The van der Waals surface area contributed by atoms with Gasteiger partial charge in [-0.3, -0.25) is 4.57 Å². The molecule has 21 heavy (non-hydrogen) atoms. The minimum atomic E-state index is -0.677. The molecule has 0 unspecified atom stereocenters. The van der Waals surface area contributed by atoms with E-state index >= 15 is 0 Å². The molecule has 6 heteroatoms. The highest BCUT2D eigenvalue weighted by Crippen LogP contribution is 2.28. The number of halogens is 3. The smallest absolute Gasteiger partial charge is 0.150 e. The first-order valence-electron chi connectivity index (χ1n) is 6.21. The number of hydrogen-bond donors (Lipinski definition) is 0. The molecule has 0 spiro atoms. The van der Waals surface area contributed by atoms with Gasteiger partial charge in [0.1, 0.15) is 28.9 Å². The minimum Gasteiger partial charge on any atom is -0.497 e. The highest BCUT2D eigenvalue weighted by molar-refractivity contribution is 6.17. The number of ether oxygens (including phenoxy) is 1. The van der Waals surface area contributed by atoms with Gasteiger partial charge in [-0.15, -0.1) is 11.6 Å². The Morgan fingerprint density at radius 1 is 1.19 bits per heavy atom. The Morgan fingerprint density at radius 2 is 1.90 bits per heavy atom. The van der Waals surface area contributed by atoms with Crippen LogP contribution in [-0.2, 0) is 5.88 Å². The van der Waals surface area contributed by atoms with Crippen LogP contribution in [0.25, 0.3) is 16.7 Å². The first-order chi connectivity index (χ1) is 10.2. The summed E-state index contributed by atoms with van der Waals surface area (Å²) in [5.74, 6) is -0.387. The summed E-state index contributed by atoms with van der Waals surface area (Å²) in [6, 6.07) is 8.83. The molecule has 3 nitrogen and oxygen atoms in total. The molecule has 0 N–H and O–H groups in total. The van der Waals surface area contributed by atoms with Crippen LogP contribution >= 0.6 is 11.6 Å². The number of fused-ring (bicyclic) bond motifs is 1. The van der Waals surface area contributed by atoms with Gasteiger partial charge in [0, 0.05) is 6.07 Å². The first kappa shape index (κ1) is 13.8. The van der Waals surface area contributed by atoms with Gasteiger partial charge < -0.3 is 4.74 Å². The zero-order valence-corrected chi connectivity index (χ0v) is 11.9. The zero-order valence-electron chi connectivity index (χ0n) is 11.1. The fraction of sp³-hybridized carbons (Fsp3) is 0.133. The van der Waals surface area contributed by atoms with Gasteiger partial charge in [-0.2, -0.15) is 0 Å². The Labute approximate surface area is 124 Å². The van der Waals surface area contributed by atoms with E-state index in [1.165, 1.54) is 29.9 Å². The number of hydrogen-bond acceptors (Lipinski definition) is 2. The van der Waals surface area contributed by atoms with Crippen molar-refractivity contribution >= 4 is 22.6 Å². The summed E-state index contributed by atoms with van der Waals surface area (Å²) >= 11 is 5.87. The lowest BCUT2D eigenvalue weighted by atomic mass is 10.2. The number of methoxy groups -OCH3 is 1. The zero-order chi connectivity index (χ0) is 15.0. The number of aromatic nitrogens is 2. The molecule has 0 aliphatic rings. The topological polar surface area (TPSA) is 27.1 Å². The molecule has 0 saturated carbocycles. The second-order valence-corrected chi connectivity index (χ2v) is 4.69. The third-order valence-electron chi connectivity index (χ3n) is 3.21. The van der Waals surface area contributed by atoms with E-state index < -0.39 is 11.6 Å². The Hall–Kier alpha value is -2.14. The van der Waals surface area contributed by atoms with Crippen molar-refractivity contribution < 1.29 is 13.5 Å². The van der Waals surface area contributed by atoms with Gasteiger partial charge in [-0.1, -0.05) is 6.07 Å². The van der Waals surface area contributed by atoms with Crippen molar-refractivity contribution in [1.82, 2.24) is 9.55 Å². The SMILES string of the molecule is COc1ccc2nc(CCl)n(-c3c(F)cccc3F)c2c1. The third-order valence-corrected chi connectivity index (χ3v) is 3.45. The molecule has 0 atom stereocenters. The highest BCUT2D eigenvalue weighted by Gasteiger charge is 2.18. The molecule has 3 aromatic rings. The van der Waals surface area contributed by atoms with E-state index in [-0.39, 0.29) is 11.6 Å². The standard InChI is InChI=1S/C15H11ClF2N2O/c1-21-9-5-6-12-13(7-9)20(14(8-16)19-12)15-10(17)3-2-4-11(15)18/h2-7H,8H2,1H3. The quantitative estimate of drug-likeness (QED) is 0.683. The molecule has 0 amide bonds. The van der Waals surface area contributed by atoms with Crippen LogP contribution in [0.4, 0.5) is 8.78 Å². The van der Waals surface area contributed by atoms with Gasteiger partial charge >= 0.3 is 0 Å². The summed E-state index contributed by atoms with van der Waals surface area (Å²) in [5.41, 5.74) is 0.937. The predicted molar refractivity (Wildman–Crippen MR) is 77.1 cm³/mol. The monoisotopic (exact) mass is 308 g/mol. The van der Waals surface area contributed by atoms with E-state index in [0.717, 1.165) is 0 Å². The molecule has 0 radical (unpaired) electrons. The highest BCUT2D eigenvalue weighted by atomic mass is 35.5. The van der Waals surface area contributed by atoms with E-state index in [2.05, 4.69) is 4.98 Å². The number of alkyl halides is 1. The first-order valence-corrected chi connectivity index (χ1v) is 6.75. The lowest BCUT2D eigenvalue weighted by molar-refractivity contribution is 0.415. The average Bonchev–Trinajstić information content (AvgIpc) is 2.85. The molecule has 3 rings (SSSR count). The van der Waals surface area contributed by atoms with Gasteiger partial charge in [-0.25, -0.2) is 13.8 Å². The normalized spacial score (nSPS) is 11.0. The van der Waals surface area contributed by atoms with Crippen molar-refractivity contribution in [1.29, 1.82) is 0 Å². The summed E-state index contributed by atoms with van der Waals surface area (Å²) in [6.45, 7) is 0. The van der Waals surface area contributed by atoms with Gasteiger partial charge in [0.15, 0.2) is 0 Å². The summed E-state index contributed by atoms with van der Waals surface area (Å²) in [6.07, 6.45) is 0. The molecule has 0 aliphatic carbocycles. The number of rotatable bonds is 3. The number of para-hydroxylation sites is 1. The Morgan fingerprint density at radius 3 is 2.52 bits per heavy atom. The molecule has 0 saturated heterocycles. The van der Waals surface area contributed by atoms with Crippen molar-refractivity contribution in [2.45, 2.75) is 5.88 Å². The molecule has 1 aromatic heterocycles. The van der Waals surface area contributed by atoms with Gasteiger partial charge in [-0.05, 0) is 24.3 Å². The second kappa shape index (κ2) is 5.33. The number of benzene rings is 2. The Bertz CT molecular complexity index is 797. The van der Waals surface area contributed by atoms with Crippen molar-refractivity contribution in [2.75, 3.05) is 7.11 Å². The van der Waals surface area contributed by atoms with Crippen molar-refractivity contribution in [3.05, 3.63) is 53.9 Å². The van der Waals surface area contributed by atoms with Crippen LogP contribution < -0.4 is 4.74 Å². The maximum Gasteiger partial charge on any atom is 0.150 e. The van der Waals surface area contributed by atoms with Crippen molar-refractivity contribution in [3.8, 4) is 11.4 Å². The molecule has 1 heterocycles. The van der Waals surface area contributed by atoms with Crippen molar-refractivity contribution in [3.63, 3.8) is 0 Å².